The molecule has 0 aromatic heterocycles. The normalized spacial score (nSPS) is 24.7. The van der Waals surface area contributed by atoms with Crippen molar-refractivity contribution in [3.05, 3.63) is 0 Å². The number of carbonyl (C=O) groups is 2. The molecule has 0 unspecified atom stereocenters. The summed E-state index contributed by atoms with van der Waals surface area (Å²) >= 11 is 0. The second kappa shape index (κ2) is 7.91. The van der Waals surface area contributed by atoms with Crippen molar-refractivity contribution in [2.45, 2.75) is 70.2 Å². The van der Waals surface area contributed by atoms with Crippen molar-refractivity contribution in [2.24, 2.45) is 5.92 Å². The summed E-state index contributed by atoms with van der Waals surface area (Å²) in [5.74, 6) is -0.284. The van der Waals surface area contributed by atoms with Gasteiger partial charge in [0.2, 0.25) is 5.91 Å². The molecule has 3 rings (SSSR count). The van der Waals surface area contributed by atoms with Crippen molar-refractivity contribution in [3.63, 3.8) is 0 Å². The fourth-order valence-corrected chi connectivity index (χ4v) is 3.85. The number of ether oxygens (including phenoxy) is 2. The molecule has 142 valence electrons. The van der Waals surface area contributed by atoms with Crippen LogP contribution in [0.2, 0.25) is 0 Å². The monoisotopic (exact) mass is 353 g/mol. The molecule has 7 nitrogen and oxygen atoms in total. The van der Waals surface area contributed by atoms with Crippen LogP contribution in [0.4, 0.5) is 4.79 Å². The lowest BCUT2D eigenvalue weighted by molar-refractivity contribution is -0.179. The van der Waals surface area contributed by atoms with E-state index in [-0.39, 0.29) is 35.7 Å². The van der Waals surface area contributed by atoms with Gasteiger partial charge in [-0.3, -0.25) is 4.79 Å². The SMILES string of the molecule is CC(C)C(=O)NC1CCN(C(=O)NC2CCC3(CC2)OCCO3)CC1. The van der Waals surface area contributed by atoms with Gasteiger partial charge in [0.1, 0.15) is 0 Å². The minimum absolute atomic E-state index is 0.00347. The number of likely N-dealkylation sites (tertiary alicyclic amines) is 1. The Morgan fingerprint density at radius 3 is 2.08 bits per heavy atom. The van der Waals surface area contributed by atoms with Crippen molar-refractivity contribution in [3.8, 4) is 0 Å². The van der Waals surface area contributed by atoms with E-state index in [0.717, 1.165) is 38.5 Å². The molecule has 2 N–H and O–H groups in total. The van der Waals surface area contributed by atoms with E-state index >= 15 is 0 Å². The lowest BCUT2D eigenvalue weighted by Gasteiger charge is -2.37. The van der Waals surface area contributed by atoms with Gasteiger partial charge in [-0.15, -0.1) is 0 Å². The lowest BCUT2D eigenvalue weighted by atomic mass is 9.90. The number of piperidine rings is 1. The van der Waals surface area contributed by atoms with E-state index in [0.29, 0.717) is 26.3 Å². The van der Waals surface area contributed by atoms with Gasteiger partial charge in [0.25, 0.3) is 0 Å². The van der Waals surface area contributed by atoms with Crippen LogP contribution in [-0.4, -0.2) is 61.0 Å². The van der Waals surface area contributed by atoms with Gasteiger partial charge in [0, 0.05) is 43.9 Å². The summed E-state index contributed by atoms with van der Waals surface area (Å²) in [7, 11) is 0. The zero-order valence-corrected chi connectivity index (χ0v) is 15.4. The third-order valence-electron chi connectivity index (χ3n) is 5.54. The molecule has 2 aliphatic heterocycles. The third-order valence-corrected chi connectivity index (χ3v) is 5.54. The molecule has 2 heterocycles. The lowest BCUT2D eigenvalue weighted by Crippen LogP contribution is -2.52. The molecular formula is C18H31N3O4. The first-order valence-electron chi connectivity index (χ1n) is 9.61. The maximum atomic E-state index is 12.5. The van der Waals surface area contributed by atoms with Crippen LogP contribution in [0.3, 0.4) is 0 Å². The molecule has 2 saturated heterocycles. The number of carbonyl (C=O) groups excluding carboxylic acids is 2. The Kier molecular flexibility index (Phi) is 5.84. The molecule has 0 radical (unpaired) electrons. The van der Waals surface area contributed by atoms with Gasteiger partial charge in [-0.25, -0.2) is 4.79 Å². The summed E-state index contributed by atoms with van der Waals surface area (Å²) in [4.78, 5) is 26.1. The highest BCUT2D eigenvalue weighted by Gasteiger charge is 2.40. The number of nitrogens with zero attached hydrogens (tertiary/aromatic N) is 1. The van der Waals surface area contributed by atoms with Crippen LogP contribution >= 0.6 is 0 Å². The number of hydrogen-bond acceptors (Lipinski definition) is 4. The predicted molar refractivity (Wildman–Crippen MR) is 93.0 cm³/mol. The second-order valence-electron chi connectivity index (χ2n) is 7.76. The molecule has 0 atom stereocenters. The van der Waals surface area contributed by atoms with Gasteiger partial charge in [0.15, 0.2) is 5.79 Å². The Morgan fingerprint density at radius 1 is 0.960 bits per heavy atom. The van der Waals surface area contributed by atoms with Crippen molar-refractivity contribution >= 4 is 11.9 Å². The molecule has 3 aliphatic rings. The van der Waals surface area contributed by atoms with E-state index in [1.165, 1.54) is 0 Å². The summed E-state index contributed by atoms with van der Waals surface area (Å²) in [5.41, 5.74) is 0. The second-order valence-corrected chi connectivity index (χ2v) is 7.76. The summed E-state index contributed by atoms with van der Waals surface area (Å²) in [5, 5.41) is 6.22. The Bertz CT molecular complexity index is 473. The van der Waals surface area contributed by atoms with Gasteiger partial charge < -0.3 is 25.0 Å². The Labute approximate surface area is 149 Å². The average molecular weight is 353 g/mol. The Morgan fingerprint density at radius 2 is 1.52 bits per heavy atom. The molecule has 1 aliphatic carbocycles. The van der Waals surface area contributed by atoms with E-state index < -0.39 is 0 Å². The fourth-order valence-electron chi connectivity index (χ4n) is 3.85. The molecule has 0 bridgehead atoms. The van der Waals surface area contributed by atoms with E-state index in [1.54, 1.807) is 0 Å². The third kappa shape index (κ3) is 4.64. The Balaban J connectivity index is 1.38. The molecule has 3 fully saturated rings. The summed E-state index contributed by atoms with van der Waals surface area (Å²) in [6.07, 6.45) is 5.13. The summed E-state index contributed by atoms with van der Waals surface area (Å²) < 4.78 is 11.5. The summed E-state index contributed by atoms with van der Waals surface area (Å²) in [6.45, 7) is 6.54. The van der Waals surface area contributed by atoms with E-state index in [2.05, 4.69) is 10.6 Å². The molecule has 1 saturated carbocycles. The minimum Gasteiger partial charge on any atom is -0.353 e. The molecule has 7 heteroatoms. The van der Waals surface area contributed by atoms with Crippen LogP contribution in [0.15, 0.2) is 0 Å². The molecular weight excluding hydrogens is 322 g/mol. The predicted octanol–water partition coefficient (Wildman–Crippen LogP) is 1.62. The average Bonchev–Trinajstić information content (AvgIpc) is 3.06. The van der Waals surface area contributed by atoms with Crippen molar-refractivity contribution < 1.29 is 19.1 Å². The highest BCUT2D eigenvalue weighted by molar-refractivity contribution is 5.78. The quantitative estimate of drug-likeness (QED) is 0.808. The maximum Gasteiger partial charge on any atom is 0.317 e. The van der Waals surface area contributed by atoms with Crippen molar-refractivity contribution in [1.29, 1.82) is 0 Å². The molecule has 3 amide bonds. The van der Waals surface area contributed by atoms with Gasteiger partial charge >= 0.3 is 6.03 Å². The number of nitrogens with one attached hydrogen (secondary N) is 2. The summed E-state index contributed by atoms with van der Waals surface area (Å²) in [6, 6.07) is 0.400. The number of amides is 3. The number of urea groups is 1. The molecule has 1 spiro atoms. The van der Waals surface area contributed by atoms with Gasteiger partial charge in [0.05, 0.1) is 13.2 Å². The van der Waals surface area contributed by atoms with Gasteiger partial charge in [-0.1, -0.05) is 13.8 Å². The maximum absolute atomic E-state index is 12.5. The minimum atomic E-state index is -0.381. The van der Waals surface area contributed by atoms with Crippen molar-refractivity contribution in [1.82, 2.24) is 15.5 Å². The number of rotatable bonds is 3. The van der Waals surface area contributed by atoms with E-state index in [9.17, 15) is 9.59 Å². The van der Waals surface area contributed by atoms with Crippen LogP contribution in [0.5, 0.6) is 0 Å². The van der Waals surface area contributed by atoms with Crippen molar-refractivity contribution in [2.75, 3.05) is 26.3 Å². The van der Waals surface area contributed by atoms with E-state index in [1.807, 2.05) is 18.7 Å². The standard InChI is InChI=1S/C18H31N3O4/c1-13(2)16(22)19-15-5-9-21(10-6-15)17(23)20-14-3-7-18(8-4-14)24-11-12-25-18/h13-15H,3-12H2,1-2H3,(H,19,22)(H,20,23). The first-order chi connectivity index (χ1) is 12.0. The smallest absolute Gasteiger partial charge is 0.317 e. The highest BCUT2D eigenvalue weighted by atomic mass is 16.7. The number of hydrogen-bond donors (Lipinski definition) is 2. The zero-order valence-electron chi connectivity index (χ0n) is 15.4. The molecule has 25 heavy (non-hydrogen) atoms. The van der Waals surface area contributed by atoms with E-state index in [4.69, 9.17) is 9.47 Å². The topological polar surface area (TPSA) is 79.9 Å². The zero-order chi connectivity index (χ0) is 17.9. The first-order valence-corrected chi connectivity index (χ1v) is 9.61. The molecule has 0 aromatic carbocycles. The van der Waals surface area contributed by atoms with Crippen LogP contribution < -0.4 is 10.6 Å². The van der Waals surface area contributed by atoms with Gasteiger partial charge in [-0.05, 0) is 25.7 Å². The fraction of sp³-hybridized carbons (Fsp3) is 0.889. The first kappa shape index (κ1) is 18.5. The van der Waals surface area contributed by atoms with Crippen LogP contribution in [-0.2, 0) is 14.3 Å². The van der Waals surface area contributed by atoms with Gasteiger partial charge in [-0.2, -0.15) is 0 Å². The Hall–Kier alpha value is -1.34. The van der Waals surface area contributed by atoms with Crippen LogP contribution in [0.1, 0.15) is 52.4 Å². The largest absolute Gasteiger partial charge is 0.353 e. The van der Waals surface area contributed by atoms with Crippen LogP contribution in [0.25, 0.3) is 0 Å². The highest BCUT2D eigenvalue weighted by Crippen LogP contribution is 2.35. The molecule has 0 aromatic rings. The van der Waals surface area contributed by atoms with Crippen LogP contribution in [0, 0.1) is 5.92 Å².